The van der Waals surface area contributed by atoms with E-state index in [1.165, 1.54) is 0 Å². The van der Waals surface area contributed by atoms with E-state index in [1.54, 1.807) is 29.0 Å². The topological polar surface area (TPSA) is 72.5 Å². The summed E-state index contributed by atoms with van der Waals surface area (Å²) in [7, 11) is -3.82. The van der Waals surface area contributed by atoms with Gasteiger partial charge in [-0.25, -0.2) is 17.5 Å². The molecule has 0 spiro atoms. The molecular weight excluding hydrogens is 368 g/mol. The number of hydrogen-bond acceptors (Lipinski definition) is 4. The molecule has 122 valence electrons. The highest BCUT2D eigenvalue weighted by Gasteiger charge is 2.19. The molecule has 0 aromatic heterocycles. The van der Waals surface area contributed by atoms with Crippen LogP contribution in [0.3, 0.4) is 0 Å². The Bertz CT molecular complexity index is 871. The molecule has 0 aliphatic carbocycles. The Morgan fingerprint density at radius 3 is 2.39 bits per heavy atom. The number of sulfonamides is 1. The van der Waals surface area contributed by atoms with E-state index in [9.17, 15) is 17.6 Å². The van der Waals surface area contributed by atoms with E-state index in [4.69, 9.17) is 27.9 Å². The van der Waals surface area contributed by atoms with Crippen LogP contribution in [0.1, 0.15) is 10.4 Å². The molecule has 5 nitrogen and oxygen atoms in total. The van der Waals surface area contributed by atoms with Gasteiger partial charge < -0.3 is 4.74 Å². The number of amides is 1. The van der Waals surface area contributed by atoms with Crippen LogP contribution in [0.4, 0.5) is 4.39 Å². The standard InChI is InChI=1S/C14H10Cl2FNO4S/c1-23(20,21)18-14(19)8-6-10(16)13(7-11(8)17)22-12-5-3-2-4-9(12)15/h2-7H,1H3,(H,18,19). The molecule has 0 saturated carbocycles. The second-order valence-corrected chi connectivity index (χ2v) is 7.06. The van der Waals surface area contributed by atoms with Gasteiger partial charge >= 0.3 is 0 Å². The van der Waals surface area contributed by atoms with Crippen molar-refractivity contribution in [3.8, 4) is 11.5 Å². The maximum absolute atomic E-state index is 14.0. The van der Waals surface area contributed by atoms with Gasteiger partial charge in [0.15, 0.2) is 0 Å². The largest absolute Gasteiger partial charge is 0.454 e. The maximum Gasteiger partial charge on any atom is 0.267 e. The molecule has 0 aliphatic rings. The number of benzene rings is 2. The van der Waals surface area contributed by atoms with E-state index in [0.29, 0.717) is 5.02 Å². The fourth-order valence-electron chi connectivity index (χ4n) is 1.65. The van der Waals surface area contributed by atoms with E-state index in [0.717, 1.165) is 18.4 Å². The molecule has 2 rings (SSSR count). The summed E-state index contributed by atoms with van der Waals surface area (Å²) in [5.41, 5.74) is -0.521. The fourth-order valence-corrected chi connectivity index (χ4v) is 2.47. The SMILES string of the molecule is CS(=O)(=O)NC(=O)c1cc(Cl)c(Oc2ccccc2Cl)cc1F. The molecule has 0 fully saturated rings. The lowest BCUT2D eigenvalue weighted by molar-refractivity contribution is 0.0978. The zero-order valence-electron chi connectivity index (χ0n) is 11.6. The first-order chi connectivity index (χ1) is 10.7. The lowest BCUT2D eigenvalue weighted by Crippen LogP contribution is -2.30. The Kier molecular flexibility index (Phi) is 5.13. The number of nitrogens with one attached hydrogen (secondary N) is 1. The van der Waals surface area contributed by atoms with E-state index < -0.39 is 27.3 Å². The van der Waals surface area contributed by atoms with Crippen LogP contribution in [-0.2, 0) is 10.0 Å². The molecule has 0 bridgehead atoms. The second kappa shape index (κ2) is 6.74. The van der Waals surface area contributed by atoms with Gasteiger partial charge in [0.25, 0.3) is 5.91 Å². The molecule has 0 unspecified atom stereocenters. The van der Waals surface area contributed by atoms with Gasteiger partial charge in [-0.3, -0.25) is 4.79 Å². The molecule has 2 aromatic rings. The smallest absolute Gasteiger partial charge is 0.267 e. The van der Waals surface area contributed by atoms with Gasteiger partial charge in [-0.1, -0.05) is 35.3 Å². The minimum absolute atomic E-state index is 0.0619. The van der Waals surface area contributed by atoms with Crippen molar-refractivity contribution in [3.63, 3.8) is 0 Å². The molecule has 0 heterocycles. The highest BCUT2D eigenvalue weighted by atomic mass is 35.5. The lowest BCUT2D eigenvalue weighted by Gasteiger charge is -2.11. The molecule has 2 aromatic carbocycles. The van der Waals surface area contributed by atoms with Crippen LogP contribution >= 0.6 is 23.2 Å². The predicted octanol–water partition coefficient (Wildman–Crippen LogP) is 3.61. The van der Waals surface area contributed by atoms with Crippen molar-refractivity contribution in [2.75, 3.05) is 6.26 Å². The van der Waals surface area contributed by atoms with E-state index in [1.807, 2.05) is 0 Å². The molecule has 1 N–H and O–H groups in total. The third kappa shape index (κ3) is 4.57. The van der Waals surface area contributed by atoms with Crippen LogP contribution in [0.25, 0.3) is 0 Å². The van der Waals surface area contributed by atoms with Gasteiger partial charge in [-0.05, 0) is 18.2 Å². The number of ether oxygens (including phenoxy) is 1. The summed E-state index contributed by atoms with van der Waals surface area (Å²) in [6, 6.07) is 8.34. The van der Waals surface area contributed by atoms with E-state index in [-0.39, 0.29) is 16.5 Å². The van der Waals surface area contributed by atoms with Gasteiger partial charge in [0, 0.05) is 6.07 Å². The van der Waals surface area contributed by atoms with Gasteiger partial charge in [-0.15, -0.1) is 0 Å². The summed E-state index contributed by atoms with van der Waals surface area (Å²) in [6.07, 6.45) is 0.777. The Hall–Kier alpha value is -1.83. The normalized spacial score (nSPS) is 11.1. The average molecular weight is 378 g/mol. The van der Waals surface area contributed by atoms with Crippen molar-refractivity contribution in [2.45, 2.75) is 0 Å². The van der Waals surface area contributed by atoms with Crippen molar-refractivity contribution in [1.82, 2.24) is 4.72 Å². The zero-order chi connectivity index (χ0) is 17.2. The Morgan fingerprint density at radius 2 is 1.78 bits per heavy atom. The summed E-state index contributed by atoms with van der Waals surface area (Å²) in [6.45, 7) is 0. The van der Waals surface area contributed by atoms with Gasteiger partial charge in [0.2, 0.25) is 10.0 Å². The first-order valence-corrected chi connectivity index (χ1v) is 8.75. The Balaban J connectivity index is 2.34. The summed E-state index contributed by atoms with van der Waals surface area (Å²) < 4.78 is 43.1. The van der Waals surface area contributed by atoms with Crippen molar-refractivity contribution in [2.24, 2.45) is 0 Å². The molecule has 0 radical (unpaired) electrons. The molecule has 0 saturated heterocycles. The summed E-state index contributed by atoms with van der Waals surface area (Å²) >= 11 is 11.9. The first-order valence-electron chi connectivity index (χ1n) is 6.11. The zero-order valence-corrected chi connectivity index (χ0v) is 14.0. The first kappa shape index (κ1) is 17.5. The number of rotatable bonds is 4. The van der Waals surface area contributed by atoms with Crippen LogP contribution in [-0.4, -0.2) is 20.6 Å². The molecule has 1 amide bonds. The highest BCUT2D eigenvalue weighted by molar-refractivity contribution is 7.89. The van der Waals surface area contributed by atoms with Crippen molar-refractivity contribution < 1.29 is 22.3 Å². The van der Waals surface area contributed by atoms with Crippen LogP contribution in [0, 0.1) is 5.82 Å². The molecule has 23 heavy (non-hydrogen) atoms. The van der Waals surface area contributed by atoms with Crippen molar-refractivity contribution in [1.29, 1.82) is 0 Å². The van der Waals surface area contributed by atoms with Gasteiger partial charge in [-0.2, -0.15) is 0 Å². The third-order valence-corrected chi connectivity index (χ3v) is 3.76. The van der Waals surface area contributed by atoms with Gasteiger partial charge in [0.1, 0.15) is 17.3 Å². The van der Waals surface area contributed by atoms with Crippen LogP contribution < -0.4 is 9.46 Å². The quantitative estimate of drug-likeness (QED) is 0.882. The maximum atomic E-state index is 14.0. The minimum Gasteiger partial charge on any atom is -0.454 e. The van der Waals surface area contributed by atoms with Gasteiger partial charge in [0.05, 0.1) is 21.9 Å². The second-order valence-electron chi connectivity index (χ2n) is 4.50. The Morgan fingerprint density at radius 1 is 1.13 bits per heavy atom. The summed E-state index contributed by atoms with van der Waals surface area (Å²) in [5, 5.41) is 0.216. The Labute approximate surface area is 142 Å². The lowest BCUT2D eigenvalue weighted by atomic mass is 10.2. The number of carbonyl (C=O) groups excluding carboxylic acids is 1. The van der Waals surface area contributed by atoms with E-state index in [2.05, 4.69) is 0 Å². The van der Waals surface area contributed by atoms with Crippen LogP contribution in [0.5, 0.6) is 11.5 Å². The van der Waals surface area contributed by atoms with Crippen molar-refractivity contribution >= 4 is 39.1 Å². The monoisotopic (exact) mass is 377 g/mol. The molecule has 0 aliphatic heterocycles. The number of carbonyl (C=O) groups is 1. The van der Waals surface area contributed by atoms with Crippen LogP contribution in [0.2, 0.25) is 10.0 Å². The minimum atomic E-state index is -3.82. The predicted molar refractivity (Wildman–Crippen MR) is 85.2 cm³/mol. The summed E-state index contributed by atoms with van der Waals surface area (Å²) in [4.78, 5) is 11.7. The average Bonchev–Trinajstić information content (AvgIpc) is 2.43. The van der Waals surface area contributed by atoms with Crippen molar-refractivity contribution in [3.05, 3.63) is 57.8 Å². The molecule has 0 atom stereocenters. The summed E-state index contributed by atoms with van der Waals surface area (Å²) in [5.74, 6) is -1.93. The highest BCUT2D eigenvalue weighted by Crippen LogP contribution is 2.34. The van der Waals surface area contributed by atoms with E-state index >= 15 is 0 Å². The molecule has 9 heteroatoms. The number of halogens is 3. The van der Waals surface area contributed by atoms with Crippen LogP contribution in [0.15, 0.2) is 36.4 Å². The molecular formula is C14H10Cl2FNO4S. The number of para-hydroxylation sites is 1. The third-order valence-electron chi connectivity index (χ3n) is 2.60. The fraction of sp³-hybridized carbons (Fsp3) is 0.0714. The number of hydrogen-bond donors (Lipinski definition) is 1.